The van der Waals surface area contributed by atoms with Crippen molar-refractivity contribution in [3.8, 4) is 0 Å². The molecule has 4 nitrogen and oxygen atoms in total. The van der Waals surface area contributed by atoms with Crippen LogP contribution in [0.3, 0.4) is 0 Å². The number of nitrogens with two attached hydrogens (primary N) is 1. The molecule has 1 atom stereocenters. The van der Waals surface area contributed by atoms with Crippen LogP contribution in [0.2, 0.25) is 0 Å². The first-order chi connectivity index (χ1) is 7.70. The van der Waals surface area contributed by atoms with E-state index in [2.05, 4.69) is 17.1 Å². The van der Waals surface area contributed by atoms with Crippen molar-refractivity contribution in [1.29, 1.82) is 0 Å². The van der Waals surface area contributed by atoms with E-state index in [-0.39, 0.29) is 11.3 Å². The Morgan fingerprint density at radius 3 is 2.81 bits per heavy atom. The summed E-state index contributed by atoms with van der Waals surface area (Å²) in [4.78, 5) is 14.3. The first-order valence-electron chi connectivity index (χ1n) is 6.41. The number of rotatable bonds is 5. The van der Waals surface area contributed by atoms with E-state index < -0.39 is 0 Å². The molecule has 16 heavy (non-hydrogen) atoms. The number of nitrogens with zero attached hydrogens (tertiary/aromatic N) is 1. The Morgan fingerprint density at radius 2 is 2.31 bits per heavy atom. The quantitative estimate of drug-likeness (QED) is 0.702. The van der Waals surface area contributed by atoms with Gasteiger partial charge in [0, 0.05) is 19.6 Å². The molecule has 1 saturated carbocycles. The van der Waals surface area contributed by atoms with Gasteiger partial charge in [0.15, 0.2) is 0 Å². The normalized spacial score (nSPS) is 28.0. The van der Waals surface area contributed by atoms with Crippen LogP contribution in [0.15, 0.2) is 0 Å². The minimum atomic E-state index is -0.191. The number of hydrogen-bond donors (Lipinski definition) is 2. The lowest BCUT2D eigenvalue weighted by Gasteiger charge is -2.16. The average molecular weight is 225 g/mol. The zero-order valence-corrected chi connectivity index (χ0v) is 10.2. The van der Waals surface area contributed by atoms with Gasteiger partial charge in [-0.25, -0.2) is 0 Å². The van der Waals surface area contributed by atoms with Gasteiger partial charge in [-0.2, -0.15) is 0 Å². The summed E-state index contributed by atoms with van der Waals surface area (Å²) in [5.74, 6) is 0.822. The van der Waals surface area contributed by atoms with E-state index in [9.17, 15) is 4.79 Å². The molecule has 2 rings (SSSR count). The Labute approximate surface area is 97.6 Å². The van der Waals surface area contributed by atoms with Gasteiger partial charge < -0.3 is 16.0 Å². The molecule has 0 aromatic carbocycles. The minimum absolute atomic E-state index is 0.185. The van der Waals surface area contributed by atoms with Crippen LogP contribution in [0.1, 0.15) is 26.2 Å². The second kappa shape index (κ2) is 4.72. The molecular formula is C12H23N3O. The first kappa shape index (κ1) is 11.9. The van der Waals surface area contributed by atoms with Crippen molar-refractivity contribution in [2.45, 2.75) is 26.2 Å². The van der Waals surface area contributed by atoms with Gasteiger partial charge in [0.25, 0.3) is 0 Å². The van der Waals surface area contributed by atoms with E-state index in [1.165, 1.54) is 13.0 Å². The van der Waals surface area contributed by atoms with Crippen LogP contribution in [0.5, 0.6) is 0 Å². The van der Waals surface area contributed by atoms with Crippen molar-refractivity contribution >= 4 is 5.91 Å². The molecule has 1 aliphatic heterocycles. The zero-order valence-electron chi connectivity index (χ0n) is 10.2. The van der Waals surface area contributed by atoms with E-state index in [1.54, 1.807) is 0 Å². The first-order valence-corrected chi connectivity index (χ1v) is 6.41. The fourth-order valence-electron chi connectivity index (χ4n) is 2.47. The third kappa shape index (κ3) is 2.38. The highest BCUT2D eigenvalue weighted by Gasteiger charge is 2.48. The summed E-state index contributed by atoms with van der Waals surface area (Å²) in [6.07, 6.45) is 3.16. The molecule has 3 N–H and O–H groups in total. The Hall–Kier alpha value is -0.610. The summed E-state index contributed by atoms with van der Waals surface area (Å²) in [6, 6.07) is 0. The summed E-state index contributed by atoms with van der Waals surface area (Å²) in [5, 5.41) is 3.08. The highest BCUT2D eigenvalue weighted by molar-refractivity contribution is 5.85. The Morgan fingerprint density at radius 1 is 1.56 bits per heavy atom. The number of carbonyl (C=O) groups is 1. The molecule has 2 aliphatic rings. The van der Waals surface area contributed by atoms with Gasteiger partial charge in [-0.05, 0) is 38.3 Å². The van der Waals surface area contributed by atoms with Crippen LogP contribution in [0, 0.1) is 11.3 Å². The standard InChI is InChI=1S/C12H23N3O/c1-2-15-6-3-10(8-15)7-14-11(16)12(9-13)4-5-12/h10H,2-9,13H2,1H3,(H,14,16). The number of amides is 1. The molecule has 0 spiro atoms. The lowest BCUT2D eigenvalue weighted by atomic mass is 10.1. The predicted octanol–water partition coefficient (Wildman–Crippen LogP) is 0.183. The Balaban J connectivity index is 1.70. The molecule has 0 aromatic heterocycles. The minimum Gasteiger partial charge on any atom is -0.355 e. The largest absolute Gasteiger partial charge is 0.355 e. The van der Waals surface area contributed by atoms with Gasteiger partial charge >= 0.3 is 0 Å². The van der Waals surface area contributed by atoms with Gasteiger partial charge in [-0.3, -0.25) is 4.79 Å². The highest BCUT2D eigenvalue weighted by atomic mass is 16.2. The second-order valence-electron chi connectivity index (χ2n) is 5.24. The van der Waals surface area contributed by atoms with E-state index in [1.807, 2.05) is 0 Å². The maximum atomic E-state index is 11.9. The van der Waals surface area contributed by atoms with E-state index in [0.717, 1.165) is 32.5 Å². The van der Waals surface area contributed by atoms with Crippen LogP contribution in [0.4, 0.5) is 0 Å². The molecule has 1 heterocycles. The summed E-state index contributed by atoms with van der Waals surface area (Å²) in [7, 11) is 0. The summed E-state index contributed by atoms with van der Waals surface area (Å²) < 4.78 is 0. The highest BCUT2D eigenvalue weighted by Crippen LogP contribution is 2.44. The van der Waals surface area contributed by atoms with E-state index in [0.29, 0.717) is 12.5 Å². The fraction of sp³-hybridized carbons (Fsp3) is 0.917. The molecule has 4 heteroatoms. The molecule has 92 valence electrons. The van der Waals surface area contributed by atoms with Crippen LogP contribution in [-0.2, 0) is 4.79 Å². The maximum Gasteiger partial charge on any atom is 0.227 e. The molecular weight excluding hydrogens is 202 g/mol. The zero-order chi connectivity index (χ0) is 11.6. The van der Waals surface area contributed by atoms with Crippen LogP contribution >= 0.6 is 0 Å². The molecule has 0 radical (unpaired) electrons. The molecule has 0 bridgehead atoms. The second-order valence-corrected chi connectivity index (χ2v) is 5.24. The molecule has 1 aliphatic carbocycles. The molecule has 1 unspecified atom stereocenters. The summed E-state index contributed by atoms with van der Waals surface area (Å²) >= 11 is 0. The van der Waals surface area contributed by atoms with Crippen LogP contribution in [-0.4, -0.2) is 43.5 Å². The average Bonchev–Trinajstić information content (AvgIpc) is 2.98. The maximum absolute atomic E-state index is 11.9. The topological polar surface area (TPSA) is 58.4 Å². The predicted molar refractivity (Wildman–Crippen MR) is 64.0 cm³/mol. The Bertz CT molecular complexity index is 263. The van der Waals surface area contributed by atoms with Gasteiger partial charge in [0.2, 0.25) is 5.91 Å². The smallest absolute Gasteiger partial charge is 0.227 e. The van der Waals surface area contributed by atoms with Gasteiger partial charge in [-0.15, -0.1) is 0 Å². The number of nitrogens with one attached hydrogen (secondary N) is 1. The van der Waals surface area contributed by atoms with Crippen molar-refractivity contribution in [1.82, 2.24) is 10.2 Å². The lowest BCUT2D eigenvalue weighted by Crippen LogP contribution is -2.39. The van der Waals surface area contributed by atoms with Crippen molar-refractivity contribution in [3.05, 3.63) is 0 Å². The number of carbonyl (C=O) groups excluding carboxylic acids is 1. The van der Waals surface area contributed by atoms with Crippen molar-refractivity contribution in [2.24, 2.45) is 17.1 Å². The third-order valence-electron chi connectivity index (χ3n) is 4.09. The molecule has 1 amide bonds. The molecule has 1 saturated heterocycles. The van der Waals surface area contributed by atoms with Gasteiger partial charge in [0.05, 0.1) is 5.41 Å². The Kier molecular flexibility index (Phi) is 3.50. The van der Waals surface area contributed by atoms with Gasteiger partial charge in [0.1, 0.15) is 0 Å². The summed E-state index contributed by atoms with van der Waals surface area (Å²) in [5.41, 5.74) is 5.44. The van der Waals surface area contributed by atoms with E-state index in [4.69, 9.17) is 5.73 Å². The molecule has 0 aromatic rings. The number of hydrogen-bond acceptors (Lipinski definition) is 3. The fourth-order valence-corrected chi connectivity index (χ4v) is 2.47. The van der Waals surface area contributed by atoms with E-state index >= 15 is 0 Å². The van der Waals surface area contributed by atoms with Crippen molar-refractivity contribution < 1.29 is 4.79 Å². The van der Waals surface area contributed by atoms with Crippen LogP contribution in [0.25, 0.3) is 0 Å². The lowest BCUT2D eigenvalue weighted by molar-refractivity contribution is -0.126. The SMILES string of the molecule is CCN1CCC(CNC(=O)C2(CN)CC2)C1. The van der Waals surface area contributed by atoms with Crippen LogP contribution < -0.4 is 11.1 Å². The summed E-state index contributed by atoms with van der Waals surface area (Å²) in [6.45, 7) is 6.96. The third-order valence-corrected chi connectivity index (χ3v) is 4.09. The van der Waals surface area contributed by atoms with Crippen molar-refractivity contribution in [2.75, 3.05) is 32.7 Å². The monoisotopic (exact) mass is 225 g/mol. The van der Waals surface area contributed by atoms with Crippen molar-refractivity contribution in [3.63, 3.8) is 0 Å². The molecule has 2 fully saturated rings. The number of likely N-dealkylation sites (tertiary alicyclic amines) is 1. The van der Waals surface area contributed by atoms with Gasteiger partial charge in [-0.1, -0.05) is 6.92 Å².